The van der Waals surface area contributed by atoms with E-state index in [4.69, 9.17) is 0 Å². The van der Waals surface area contributed by atoms with Crippen LogP contribution >= 0.6 is 0 Å². The molecule has 1 aromatic carbocycles. The van der Waals surface area contributed by atoms with Gasteiger partial charge in [0.2, 0.25) is 0 Å². The van der Waals surface area contributed by atoms with E-state index in [1.54, 1.807) is 6.20 Å². The van der Waals surface area contributed by atoms with Crippen LogP contribution in [0.2, 0.25) is 0 Å². The van der Waals surface area contributed by atoms with Gasteiger partial charge >= 0.3 is 0 Å². The average Bonchev–Trinajstić information content (AvgIpc) is 2.54. The molecule has 1 aromatic heterocycles. The zero-order valence-corrected chi connectivity index (χ0v) is 7.41. The first-order valence-corrected chi connectivity index (χ1v) is 4.18. The summed E-state index contributed by atoms with van der Waals surface area (Å²) >= 11 is 0. The zero-order chi connectivity index (χ0) is 9.10. The van der Waals surface area contributed by atoms with Gasteiger partial charge in [-0.3, -0.25) is 5.10 Å². The van der Waals surface area contributed by atoms with Crippen molar-refractivity contribution in [3.05, 3.63) is 42.1 Å². The summed E-state index contributed by atoms with van der Waals surface area (Å²) in [5.41, 5.74) is 2.18. The minimum Gasteiger partial charge on any atom is -0.340 e. The molecular weight excluding hydrogens is 162 g/mol. The molecule has 2 N–H and O–H groups in total. The van der Waals surface area contributed by atoms with E-state index in [0.29, 0.717) is 0 Å². The first kappa shape index (κ1) is 7.86. The van der Waals surface area contributed by atoms with Crippen molar-refractivity contribution in [3.8, 4) is 0 Å². The highest BCUT2D eigenvalue weighted by Crippen LogP contribution is 2.16. The molecule has 0 fully saturated rings. The van der Waals surface area contributed by atoms with E-state index in [1.807, 2.05) is 37.3 Å². The van der Waals surface area contributed by atoms with E-state index in [9.17, 15) is 0 Å². The number of hydrogen-bond donors (Lipinski definition) is 2. The highest BCUT2D eigenvalue weighted by Gasteiger charge is 1.98. The molecule has 13 heavy (non-hydrogen) atoms. The maximum Gasteiger partial charge on any atom is 0.128 e. The predicted molar refractivity (Wildman–Crippen MR) is 53.0 cm³/mol. The molecule has 2 rings (SSSR count). The number of aromatic nitrogens is 2. The summed E-state index contributed by atoms with van der Waals surface area (Å²) in [6.07, 6.45) is 1.80. The Bertz CT molecular complexity index is 378. The number of hydrogen-bond acceptors (Lipinski definition) is 2. The van der Waals surface area contributed by atoms with Gasteiger partial charge in [-0.1, -0.05) is 18.2 Å². The van der Waals surface area contributed by atoms with Crippen LogP contribution < -0.4 is 5.32 Å². The van der Waals surface area contributed by atoms with Crippen molar-refractivity contribution in [2.75, 3.05) is 5.32 Å². The molecule has 1 heterocycles. The lowest BCUT2D eigenvalue weighted by molar-refractivity contribution is 1.09. The van der Waals surface area contributed by atoms with Crippen LogP contribution in [0.5, 0.6) is 0 Å². The van der Waals surface area contributed by atoms with Crippen molar-refractivity contribution in [3.63, 3.8) is 0 Å². The van der Waals surface area contributed by atoms with Gasteiger partial charge in [-0.05, 0) is 19.1 Å². The summed E-state index contributed by atoms with van der Waals surface area (Å²) in [4.78, 5) is 0. The number of aryl methyl sites for hydroxylation is 1. The number of rotatable bonds is 2. The second-order valence-electron chi connectivity index (χ2n) is 2.92. The molecule has 0 unspecified atom stereocenters. The second kappa shape index (κ2) is 3.31. The highest BCUT2D eigenvalue weighted by atomic mass is 15.2. The minimum absolute atomic E-state index is 0.950. The number of aromatic amines is 1. The molecule has 3 nitrogen and oxygen atoms in total. The minimum atomic E-state index is 0.950. The van der Waals surface area contributed by atoms with Gasteiger partial charge in [0.15, 0.2) is 0 Å². The van der Waals surface area contributed by atoms with Gasteiger partial charge in [0.25, 0.3) is 0 Å². The Hall–Kier alpha value is -1.77. The molecule has 0 amide bonds. The van der Waals surface area contributed by atoms with Gasteiger partial charge in [-0.15, -0.1) is 0 Å². The first-order chi connectivity index (χ1) is 6.36. The summed E-state index contributed by atoms with van der Waals surface area (Å²) in [7, 11) is 0. The third-order valence-corrected chi connectivity index (χ3v) is 1.87. The molecule has 0 radical (unpaired) electrons. The molecule has 0 aliphatic carbocycles. The van der Waals surface area contributed by atoms with Crippen LogP contribution in [0.1, 0.15) is 5.56 Å². The average molecular weight is 173 g/mol. The van der Waals surface area contributed by atoms with E-state index in [2.05, 4.69) is 15.5 Å². The number of benzene rings is 1. The molecule has 0 saturated carbocycles. The number of para-hydroxylation sites is 1. The molecule has 0 atom stereocenters. The van der Waals surface area contributed by atoms with E-state index in [0.717, 1.165) is 17.1 Å². The molecule has 0 aliphatic rings. The van der Waals surface area contributed by atoms with E-state index in [1.165, 1.54) is 0 Å². The topological polar surface area (TPSA) is 40.7 Å². The van der Waals surface area contributed by atoms with Crippen molar-refractivity contribution in [2.45, 2.75) is 6.92 Å². The fourth-order valence-electron chi connectivity index (χ4n) is 1.14. The lowest BCUT2D eigenvalue weighted by atomic mass is 10.3. The predicted octanol–water partition coefficient (Wildman–Crippen LogP) is 2.46. The zero-order valence-electron chi connectivity index (χ0n) is 7.41. The van der Waals surface area contributed by atoms with Crippen molar-refractivity contribution in [2.24, 2.45) is 0 Å². The molecule has 0 bridgehead atoms. The van der Waals surface area contributed by atoms with Crippen LogP contribution in [0.4, 0.5) is 11.5 Å². The first-order valence-electron chi connectivity index (χ1n) is 4.18. The fraction of sp³-hybridized carbons (Fsp3) is 0.100. The van der Waals surface area contributed by atoms with Gasteiger partial charge < -0.3 is 5.32 Å². The smallest absolute Gasteiger partial charge is 0.128 e. The van der Waals surface area contributed by atoms with Crippen molar-refractivity contribution in [1.29, 1.82) is 0 Å². The Balaban J connectivity index is 2.20. The second-order valence-corrected chi connectivity index (χ2v) is 2.92. The van der Waals surface area contributed by atoms with Crippen molar-refractivity contribution >= 4 is 11.5 Å². The van der Waals surface area contributed by atoms with Crippen LogP contribution in [0, 0.1) is 6.92 Å². The Labute approximate surface area is 76.8 Å². The van der Waals surface area contributed by atoms with Gasteiger partial charge in [-0.25, -0.2) is 0 Å². The quantitative estimate of drug-likeness (QED) is 0.732. The lowest BCUT2D eigenvalue weighted by Gasteiger charge is -2.03. The molecular formula is C10H11N3. The van der Waals surface area contributed by atoms with E-state index >= 15 is 0 Å². The standard InChI is InChI=1S/C10H11N3/c1-8-7-11-13-10(8)12-9-5-3-2-4-6-9/h2-7H,1H3,(H2,11,12,13). The van der Waals surface area contributed by atoms with Crippen LogP contribution in [0.15, 0.2) is 36.5 Å². The van der Waals surface area contributed by atoms with Crippen LogP contribution in [-0.4, -0.2) is 10.2 Å². The fourth-order valence-corrected chi connectivity index (χ4v) is 1.14. The largest absolute Gasteiger partial charge is 0.340 e. The van der Waals surface area contributed by atoms with Gasteiger partial charge in [-0.2, -0.15) is 5.10 Å². The van der Waals surface area contributed by atoms with Crippen molar-refractivity contribution in [1.82, 2.24) is 10.2 Å². The number of nitrogens with one attached hydrogen (secondary N) is 2. The highest BCUT2D eigenvalue weighted by molar-refractivity contribution is 5.58. The van der Waals surface area contributed by atoms with E-state index in [-0.39, 0.29) is 0 Å². The van der Waals surface area contributed by atoms with Gasteiger partial charge in [0, 0.05) is 11.3 Å². The third-order valence-electron chi connectivity index (χ3n) is 1.87. The molecule has 2 aromatic rings. The summed E-state index contributed by atoms with van der Waals surface area (Å²) in [6.45, 7) is 2.01. The Morgan fingerprint density at radius 1 is 1.23 bits per heavy atom. The lowest BCUT2D eigenvalue weighted by Crippen LogP contribution is -1.91. The normalized spacial score (nSPS) is 9.92. The Kier molecular flexibility index (Phi) is 2.00. The summed E-state index contributed by atoms with van der Waals surface area (Å²) in [6, 6.07) is 10.0. The SMILES string of the molecule is Cc1cn[nH]c1Nc1ccccc1. The van der Waals surface area contributed by atoms with E-state index < -0.39 is 0 Å². The number of H-pyrrole nitrogens is 1. The molecule has 66 valence electrons. The maximum absolute atomic E-state index is 3.93. The monoisotopic (exact) mass is 173 g/mol. The Morgan fingerprint density at radius 3 is 2.62 bits per heavy atom. The summed E-state index contributed by atoms with van der Waals surface area (Å²) in [5.74, 6) is 0.950. The number of anilines is 2. The molecule has 0 spiro atoms. The van der Waals surface area contributed by atoms with Gasteiger partial charge in [0.1, 0.15) is 5.82 Å². The summed E-state index contributed by atoms with van der Waals surface area (Å²) in [5, 5.41) is 10.1. The van der Waals surface area contributed by atoms with Crippen LogP contribution in [0.3, 0.4) is 0 Å². The molecule has 0 aliphatic heterocycles. The van der Waals surface area contributed by atoms with Crippen LogP contribution in [0.25, 0.3) is 0 Å². The molecule has 3 heteroatoms. The van der Waals surface area contributed by atoms with Crippen molar-refractivity contribution < 1.29 is 0 Å². The Morgan fingerprint density at radius 2 is 2.00 bits per heavy atom. The van der Waals surface area contributed by atoms with Crippen LogP contribution in [-0.2, 0) is 0 Å². The molecule has 0 saturated heterocycles. The maximum atomic E-state index is 3.93. The third kappa shape index (κ3) is 1.69. The number of nitrogens with zero attached hydrogens (tertiary/aromatic N) is 1. The summed E-state index contributed by atoms with van der Waals surface area (Å²) < 4.78 is 0. The van der Waals surface area contributed by atoms with Gasteiger partial charge in [0.05, 0.1) is 6.20 Å².